The highest BCUT2D eigenvalue weighted by Gasteiger charge is 2.56. The van der Waals surface area contributed by atoms with E-state index in [0.717, 1.165) is 16.9 Å². The Hall–Kier alpha value is -3.49. The van der Waals surface area contributed by atoms with Crippen LogP contribution in [0.5, 0.6) is 0 Å². The summed E-state index contributed by atoms with van der Waals surface area (Å²) in [5.41, 5.74) is 5.28. The number of aryl methyl sites for hydroxylation is 1. The molecule has 1 atom stereocenters. The molecule has 4 N–H and O–H groups in total. The first-order valence-electron chi connectivity index (χ1n) is 10.3. The number of nitrogens with two attached hydrogens (primary N) is 1. The van der Waals surface area contributed by atoms with Crippen molar-refractivity contribution < 1.29 is 36.2 Å². The number of pyridine rings is 1. The van der Waals surface area contributed by atoms with Crippen LogP contribution in [-0.2, 0) is 16.8 Å². The lowest BCUT2D eigenvalue weighted by molar-refractivity contribution is -0.285. The summed E-state index contributed by atoms with van der Waals surface area (Å²) < 4.78 is 79.5. The van der Waals surface area contributed by atoms with Crippen LogP contribution in [0.15, 0.2) is 12.3 Å². The van der Waals surface area contributed by atoms with Gasteiger partial charge in [-0.3, -0.25) is 4.79 Å². The van der Waals surface area contributed by atoms with E-state index < -0.39 is 42.2 Å². The molecule has 0 saturated heterocycles. The van der Waals surface area contributed by atoms with E-state index in [4.69, 9.17) is 5.73 Å². The Kier molecular flexibility index (Phi) is 5.85. The molecule has 9 nitrogen and oxygen atoms in total. The number of nitrogens with one attached hydrogen (secondary N) is 1. The largest absolute Gasteiger partial charge is 0.453 e. The maximum Gasteiger partial charge on any atom is 0.453 e. The number of halogens is 6. The quantitative estimate of drug-likeness (QED) is 0.440. The lowest BCUT2D eigenvalue weighted by Crippen LogP contribution is -2.37. The number of aliphatic hydroxyl groups excluding tert-OH is 1. The van der Waals surface area contributed by atoms with Gasteiger partial charge in [0.1, 0.15) is 23.1 Å². The number of hydrogen-bond donors (Lipinski definition) is 3. The Bertz CT molecular complexity index is 1310. The Morgan fingerprint density at radius 3 is 2.63 bits per heavy atom. The molecule has 0 saturated carbocycles. The topological polar surface area (TPSA) is 132 Å². The molecule has 4 rings (SSSR count). The molecule has 0 aromatic carbocycles. The molecule has 1 amide bonds. The van der Waals surface area contributed by atoms with E-state index in [-0.39, 0.29) is 53.6 Å². The van der Waals surface area contributed by atoms with Gasteiger partial charge in [0, 0.05) is 37.0 Å². The van der Waals surface area contributed by atoms with Gasteiger partial charge in [-0.25, -0.2) is 24.0 Å². The highest BCUT2D eigenvalue weighted by molar-refractivity contribution is 5.96. The van der Waals surface area contributed by atoms with Crippen molar-refractivity contribution >= 4 is 28.6 Å². The van der Waals surface area contributed by atoms with Crippen LogP contribution < -0.4 is 11.1 Å². The van der Waals surface area contributed by atoms with Gasteiger partial charge in [-0.05, 0) is 12.5 Å². The summed E-state index contributed by atoms with van der Waals surface area (Å²) in [6, 6.07) is 0.955. The second kappa shape index (κ2) is 8.32. The summed E-state index contributed by atoms with van der Waals surface area (Å²) in [4.78, 5) is 24.5. The highest BCUT2D eigenvalue weighted by atomic mass is 19.4. The van der Waals surface area contributed by atoms with Crippen molar-refractivity contribution in [2.45, 2.75) is 50.2 Å². The third kappa shape index (κ3) is 4.35. The third-order valence-corrected chi connectivity index (χ3v) is 5.83. The number of anilines is 2. The molecule has 3 aromatic rings. The van der Waals surface area contributed by atoms with Crippen LogP contribution in [0.2, 0.25) is 0 Å². The summed E-state index contributed by atoms with van der Waals surface area (Å²) in [5, 5.41) is 15.9. The van der Waals surface area contributed by atoms with E-state index in [1.54, 1.807) is 6.92 Å². The van der Waals surface area contributed by atoms with E-state index in [1.165, 1.54) is 0 Å². The minimum atomic E-state index is -5.76. The van der Waals surface area contributed by atoms with Crippen LogP contribution in [0.25, 0.3) is 22.6 Å². The van der Waals surface area contributed by atoms with E-state index >= 15 is 0 Å². The van der Waals surface area contributed by atoms with Gasteiger partial charge >= 0.3 is 12.1 Å². The molecule has 0 bridgehead atoms. The fraction of sp³-hybridized carbons (Fsp3) is 0.450. The molecule has 1 unspecified atom stereocenters. The lowest BCUT2D eigenvalue weighted by Gasteiger charge is -2.34. The molecular weight excluding hydrogens is 484 g/mol. The van der Waals surface area contributed by atoms with Gasteiger partial charge in [0.25, 0.3) is 0 Å². The molecule has 0 spiro atoms. The Balaban J connectivity index is 1.82. The van der Waals surface area contributed by atoms with Crippen molar-refractivity contribution in [2.24, 2.45) is 0 Å². The second-order valence-corrected chi connectivity index (χ2v) is 8.46. The Morgan fingerprint density at radius 1 is 1.26 bits per heavy atom. The van der Waals surface area contributed by atoms with Crippen LogP contribution in [-0.4, -0.2) is 54.5 Å². The minimum Gasteiger partial charge on any atom is -0.396 e. The molecule has 4 heterocycles. The molecule has 0 fully saturated rings. The number of aromatic nitrogens is 5. The SMILES string of the molecule is CC1(CCO)CC(=O)Nc2nc(-c3nn(CCC(F)(F)C(F)(F)F)c4ncc(F)cc34)nc(N)c21. The second-order valence-electron chi connectivity index (χ2n) is 8.46. The summed E-state index contributed by atoms with van der Waals surface area (Å²) in [6.07, 6.45) is -6.44. The first-order valence-corrected chi connectivity index (χ1v) is 10.3. The average Bonchev–Trinajstić information content (AvgIpc) is 3.08. The van der Waals surface area contributed by atoms with E-state index in [9.17, 15) is 36.2 Å². The van der Waals surface area contributed by atoms with Gasteiger partial charge in [0.2, 0.25) is 5.91 Å². The van der Waals surface area contributed by atoms with Gasteiger partial charge in [-0.1, -0.05) is 6.92 Å². The number of amides is 1. The molecule has 0 aliphatic carbocycles. The van der Waals surface area contributed by atoms with Crippen molar-refractivity contribution in [1.82, 2.24) is 24.7 Å². The number of rotatable bonds is 6. The third-order valence-electron chi connectivity index (χ3n) is 5.83. The van der Waals surface area contributed by atoms with Crippen molar-refractivity contribution in [2.75, 3.05) is 17.7 Å². The molecule has 0 radical (unpaired) electrons. The maximum absolute atomic E-state index is 13.9. The van der Waals surface area contributed by atoms with Gasteiger partial charge in [-0.2, -0.15) is 27.1 Å². The zero-order chi connectivity index (χ0) is 25.8. The summed E-state index contributed by atoms with van der Waals surface area (Å²) >= 11 is 0. The zero-order valence-corrected chi connectivity index (χ0v) is 18.1. The number of carbonyl (C=O) groups excluding carboxylic acids is 1. The van der Waals surface area contributed by atoms with Crippen LogP contribution in [0.1, 0.15) is 31.7 Å². The zero-order valence-electron chi connectivity index (χ0n) is 18.1. The Labute approximate surface area is 193 Å². The van der Waals surface area contributed by atoms with Gasteiger partial charge in [-0.15, -0.1) is 0 Å². The summed E-state index contributed by atoms with van der Waals surface area (Å²) in [5.74, 6) is -6.50. The van der Waals surface area contributed by atoms with Gasteiger partial charge in [0.05, 0.1) is 11.6 Å². The van der Waals surface area contributed by atoms with E-state index in [2.05, 4.69) is 25.4 Å². The first-order chi connectivity index (χ1) is 16.3. The smallest absolute Gasteiger partial charge is 0.396 e. The van der Waals surface area contributed by atoms with E-state index in [1.807, 2.05) is 0 Å². The monoisotopic (exact) mass is 503 g/mol. The molecular formula is C20H19F6N7O2. The first kappa shape index (κ1) is 24.6. The fourth-order valence-corrected chi connectivity index (χ4v) is 4.09. The maximum atomic E-state index is 13.9. The number of fused-ring (bicyclic) bond motifs is 2. The molecule has 1 aliphatic rings. The van der Waals surface area contributed by atoms with Crippen LogP contribution in [0.3, 0.4) is 0 Å². The number of carbonyl (C=O) groups is 1. The van der Waals surface area contributed by atoms with Gasteiger partial charge < -0.3 is 16.2 Å². The van der Waals surface area contributed by atoms with Crippen molar-refractivity contribution in [1.29, 1.82) is 0 Å². The number of hydrogen-bond acceptors (Lipinski definition) is 7. The summed E-state index contributed by atoms with van der Waals surface area (Å²) in [7, 11) is 0. The number of nitrogen functional groups attached to an aromatic ring is 1. The minimum absolute atomic E-state index is 0.00751. The molecule has 1 aliphatic heterocycles. The van der Waals surface area contributed by atoms with Crippen LogP contribution >= 0.6 is 0 Å². The fourth-order valence-electron chi connectivity index (χ4n) is 4.09. The number of alkyl halides is 5. The predicted molar refractivity (Wildman–Crippen MR) is 111 cm³/mol. The Morgan fingerprint density at radius 2 is 1.97 bits per heavy atom. The van der Waals surface area contributed by atoms with Crippen molar-refractivity contribution in [3.05, 3.63) is 23.6 Å². The van der Waals surface area contributed by atoms with Crippen LogP contribution in [0.4, 0.5) is 38.0 Å². The number of nitrogens with zero attached hydrogens (tertiary/aromatic N) is 5. The van der Waals surface area contributed by atoms with Gasteiger partial charge in [0.15, 0.2) is 11.5 Å². The molecule has 3 aromatic heterocycles. The highest BCUT2D eigenvalue weighted by Crippen LogP contribution is 2.43. The van der Waals surface area contributed by atoms with Crippen molar-refractivity contribution in [3.8, 4) is 11.5 Å². The molecule has 15 heteroatoms. The standard InChI is InChI=1S/C20H19F6N7O2/c1-18(3-5-34)7-11(35)29-15-12(18)14(27)30-16(31-15)13-10-6-9(21)8-28-17(10)33(32-13)4-2-19(22,23)20(24,25)26/h6,8,34H,2-5,7H2,1H3,(H3,27,29,30,31,35). The van der Waals surface area contributed by atoms with Crippen LogP contribution in [0, 0.1) is 5.82 Å². The predicted octanol–water partition coefficient (Wildman–Crippen LogP) is 3.18. The lowest BCUT2D eigenvalue weighted by atomic mass is 9.75. The molecule has 35 heavy (non-hydrogen) atoms. The molecule has 188 valence electrons. The number of aliphatic hydroxyl groups is 1. The normalized spacial score (nSPS) is 18.6. The summed E-state index contributed by atoms with van der Waals surface area (Å²) in [6.45, 7) is 0.560. The average molecular weight is 503 g/mol. The van der Waals surface area contributed by atoms with E-state index in [0.29, 0.717) is 5.56 Å². The van der Waals surface area contributed by atoms with Crippen molar-refractivity contribution in [3.63, 3.8) is 0 Å².